The highest BCUT2D eigenvalue weighted by Crippen LogP contribution is 2.18. The lowest BCUT2D eigenvalue weighted by Gasteiger charge is -1.98. The summed E-state index contributed by atoms with van der Waals surface area (Å²) in [5.41, 5.74) is 2.20. The highest BCUT2D eigenvalue weighted by atomic mass is 32.1. The SMILES string of the molecule is Cc1ccc(-c2nccc(=O)s2)cc1. The van der Waals surface area contributed by atoms with E-state index in [4.69, 9.17) is 0 Å². The monoisotopic (exact) mass is 203 g/mol. The first-order valence-corrected chi connectivity index (χ1v) is 5.10. The number of nitrogens with zero attached hydrogens (tertiary/aromatic N) is 1. The molecule has 0 fully saturated rings. The average Bonchev–Trinajstić information content (AvgIpc) is 2.19. The number of aryl methyl sites for hydroxylation is 1. The zero-order valence-corrected chi connectivity index (χ0v) is 8.54. The fourth-order valence-electron chi connectivity index (χ4n) is 1.15. The Balaban J connectivity index is 2.50. The van der Waals surface area contributed by atoms with Crippen LogP contribution in [-0.2, 0) is 0 Å². The van der Waals surface area contributed by atoms with Crippen molar-refractivity contribution in [2.24, 2.45) is 0 Å². The molecular formula is C11H9NOS. The number of aromatic nitrogens is 1. The van der Waals surface area contributed by atoms with E-state index in [9.17, 15) is 4.79 Å². The molecule has 0 aliphatic rings. The average molecular weight is 203 g/mol. The fraction of sp³-hybridized carbons (Fsp3) is 0.0909. The molecule has 1 aromatic heterocycles. The smallest absolute Gasteiger partial charge is 0.235 e. The summed E-state index contributed by atoms with van der Waals surface area (Å²) in [7, 11) is 0. The number of benzene rings is 1. The van der Waals surface area contributed by atoms with Gasteiger partial charge in [0.05, 0.1) is 0 Å². The fourth-order valence-corrected chi connectivity index (χ4v) is 1.84. The summed E-state index contributed by atoms with van der Waals surface area (Å²) < 4.78 is 0.0376. The van der Waals surface area contributed by atoms with Gasteiger partial charge in [-0.25, -0.2) is 4.98 Å². The largest absolute Gasteiger partial charge is 0.278 e. The molecule has 0 saturated carbocycles. The Morgan fingerprint density at radius 2 is 1.86 bits per heavy atom. The molecule has 0 N–H and O–H groups in total. The maximum atomic E-state index is 11.1. The highest BCUT2D eigenvalue weighted by Gasteiger charge is 1.99. The molecule has 2 aromatic rings. The predicted octanol–water partition coefficient (Wildman–Crippen LogP) is 2.48. The van der Waals surface area contributed by atoms with Crippen LogP contribution in [0.2, 0.25) is 0 Å². The minimum atomic E-state index is 0.0376. The molecule has 0 saturated heterocycles. The standard InChI is InChI=1S/C11H9NOS/c1-8-2-4-9(5-3-8)11-12-7-6-10(13)14-11/h2-7H,1H3. The van der Waals surface area contributed by atoms with E-state index >= 15 is 0 Å². The van der Waals surface area contributed by atoms with Gasteiger partial charge in [0.15, 0.2) is 0 Å². The van der Waals surface area contributed by atoms with Gasteiger partial charge in [-0.2, -0.15) is 0 Å². The van der Waals surface area contributed by atoms with Gasteiger partial charge in [-0.05, 0) is 6.92 Å². The molecule has 0 unspecified atom stereocenters. The van der Waals surface area contributed by atoms with Crippen LogP contribution in [0.15, 0.2) is 41.3 Å². The predicted molar refractivity (Wildman–Crippen MR) is 58.6 cm³/mol. The van der Waals surface area contributed by atoms with Crippen LogP contribution in [0.1, 0.15) is 5.56 Å². The number of hydrogen-bond donors (Lipinski definition) is 0. The third kappa shape index (κ3) is 1.88. The Hall–Kier alpha value is -1.48. The molecular weight excluding hydrogens is 194 g/mol. The summed E-state index contributed by atoms with van der Waals surface area (Å²) in [5, 5.41) is 0.775. The van der Waals surface area contributed by atoms with E-state index in [-0.39, 0.29) is 4.74 Å². The zero-order chi connectivity index (χ0) is 9.97. The molecule has 0 bridgehead atoms. The minimum Gasteiger partial charge on any atom is -0.278 e. The maximum absolute atomic E-state index is 11.1. The van der Waals surface area contributed by atoms with Gasteiger partial charge in [0, 0.05) is 17.8 Å². The van der Waals surface area contributed by atoms with Crippen molar-refractivity contribution in [2.45, 2.75) is 6.92 Å². The Kier molecular flexibility index (Phi) is 2.41. The molecule has 0 amide bonds. The van der Waals surface area contributed by atoms with E-state index in [1.165, 1.54) is 23.0 Å². The van der Waals surface area contributed by atoms with E-state index in [0.29, 0.717) is 0 Å². The normalized spacial score (nSPS) is 10.1. The van der Waals surface area contributed by atoms with Gasteiger partial charge < -0.3 is 0 Å². The molecule has 0 aliphatic heterocycles. The maximum Gasteiger partial charge on any atom is 0.235 e. The molecule has 0 spiro atoms. The second-order valence-corrected chi connectivity index (χ2v) is 4.03. The van der Waals surface area contributed by atoms with E-state index in [1.54, 1.807) is 6.20 Å². The Morgan fingerprint density at radius 1 is 1.14 bits per heavy atom. The molecule has 3 heteroatoms. The lowest BCUT2D eigenvalue weighted by molar-refractivity contribution is 1.36. The quantitative estimate of drug-likeness (QED) is 0.712. The first kappa shape index (κ1) is 9.09. The van der Waals surface area contributed by atoms with E-state index < -0.39 is 0 Å². The van der Waals surface area contributed by atoms with Crippen LogP contribution < -0.4 is 4.74 Å². The first-order chi connectivity index (χ1) is 6.75. The van der Waals surface area contributed by atoms with Gasteiger partial charge in [0.25, 0.3) is 0 Å². The van der Waals surface area contributed by atoms with Gasteiger partial charge in [-0.3, -0.25) is 4.79 Å². The van der Waals surface area contributed by atoms with Crippen molar-refractivity contribution in [1.29, 1.82) is 0 Å². The summed E-state index contributed by atoms with van der Waals surface area (Å²) in [6.45, 7) is 2.03. The third-order valence-electron chi connectivity index (χ3n) is 1.90. The highest BCUT2D eigenvalue weighted by molar-refractivity contribution is 7.12. The molecule has 2 rings (SSSR count). The summed E-state index contributed by atoms with van der Waals surface area (Å²) in [6.07, 6.45) is 1.55. The molecule has 14 heavy (non-hydrogen) atoms. The third-order valence-corrected chi connectivity index (χ3v) is 2.77. The van der Waals surface area contributed by atoms with Gasteiger partial charge >= 0.3 is 0 Å². The van der Waals surface area contributed by atoms with Gasteiger partial charge in [-0.15, -0.1) is 0 Å². The lowest BCUT2D eigenvalue weighted by atomic mass is 10.2. The van der Waals surface area contributed by atoms with E-state index in [1.807, 2.05) is 31.2 Å². The summed E-state index contributed by atoms with van der Waals surface area (Å²) in [5.74, 6) is 0. The van der Waals surface area contributed by atoms with Crippen molar-refractivity contribution in [3.05, 3.63) is 51.6 Å². The zero-order valence-electron chi connectivity index (χ0n) is 7.73. The van der Waals surface area contributed by atoms with Crippen molar-refractivity contribution in [1.82, 2.24) is 4.98 Å². The van der Waals surface area contributed by atoms with Crippen LogP contribution in [-0.4, -0.2) is 4.98 Å². The molecule has 70 valence electrons. The topological polar surface area (TPSA) is 30.0 Å². The van der Waals surface area contributed by atoms with Gasteiger partial charge in [0.2, 0.25) is 4.74 Å². The Labute approximate surface area is 85.9 Å². The van der Waals surface area contributed by atoms with Gasteiger partial charge in [0.1, 0.15) is 5.01 Å². The van der Waals surface area contributed by atoms with Crippen molar-refractivity contribution in [3.63, 3.8) is 0 Å². The summed E-state index contributed by atoms with van der Waals surface area (Å²) >= 11 is 1.17. The summed E-state index contributed by atoms with van der Waals surface area (Å²) in [6, 6.07) is 9.46. The van der Waals surface area contributed by atoms with Crippen molar-refractivity contribution >= 4 is 11.3 Å². The summed E-state index contributed by atoms with van der Waals surface area (Å²) in [4.78, 5) is 15.3. The molecule has 1 heterocycles. The van der Waals surface area contributed by atoms with E-state index in [2.05, 4.69) is 4.98 Å². The van der Waals surface area contributed by atoms with Crippen molar-refractivity contribution < 1.29 is 0 Å². The number of hydrogen-bond acceptors (Lipinski definition) is 3. The van der Waals surface area contributed by atoms with Crippen LogP contribution in [0, 0.1) is 6.92 Å². The second-order valence-electron chi connectivity index (χ2n) is 3.04. The molecule has 0 atom stereocenters. The molecule has 2 nitrogen and oxygen atoms in total. The first-order valence-electron chi connectivity index (χ1n) is 4.29. The molecule has 0 radical (unpaired) electrons. The van der Waals surface area contributed by atoms with E-state index in [0.717, 1.165) is 10.6 Å². The Morgan fingerprint density at radius 3 is 2.50 bits per heavy atom. The lowest BCUT2D eigenvalue weighted by Crippen LogP contribution is -1.92. The second kappa shape index (κ2) is 3.72. The van der Waals surface area contributed by atoms with Crippen LogP contribution >= 0.6 is 11.3 Å². The van der Waals surface area contributed by atoms with Crippen LogP contribution in [0.3, 0.4) is 0 Å². The Bertz CT molecular complexity index is 487. The van der Waals surface area contributed by atoms with Crippen LogP contribution in [0.25, 0.3) is 10.6 Å². The van der Waals surface area contributed by atoms with Gasteiger partial charge in [-0.1, -0.05) is 41.2 Å². The minimum absolute atomic E-state index is 0.0376. The number of rotatable bonds is 1. The van der Waals surface area contributed by atoms with Crippen molar-refractivity contribution in [2.75, 3.05) is 0 Å². The van der Waals surface area contributed by atoms with Crippen LogP contribution in [0.5, 0.6) is 0 Å². The van der Waals surface area contributed by atoms with Crippen molar-refractivity contribution in [3.8, 4) is 10.6 Å². The molecule has 0 aliphatic carbocycles. The van der Waals surface area contributed by atoms with Crippen LogP contribution in [0.4, 0.5) is 0 Å². The molecule has 1 aromatic carbocycles.